The first-order valence-corrected chi connectivity index (χ1v) is 17.8. The van der Waals surface area contributed by atoms with Crippen molar-refractivity contribution in [1.29, 1.82) is 0 Å². The first-order chi connectivity index (χ1) is 22.7. The highest BCUT2D eigenvalue weighted by Gasteiger charge is 2.73. The summed E-state index contributed by atoms with van der Waals surface area (Å²) in [6.45, 7) is 8.77. The van der Waals surface area contributed by atoms with Crippen LogP contribution in [0.25, 0.3) is 0 Å². The summed E-state index contributed by atoms with van der Waals surface area (Å²) in [4.78, 5) is 27.2. The Morgan fingerprint density at radius 3 is 2.12 bits per heavy atom. The summed E-state index contributed by atoms with van der Waals surface area (Å²) >= 11 is 0. The second-order valence-corrected chi connectivity index (χ2v) is 17.7. The maximum absolute atomic E-state index is 14.4. The van der Waals surface area contributed by atoms with E-state index in [1.165, 1.54) is 0 Å². The van der Waals surface area contributed by atoms with Gasteiger partial charge in [-0.2, -0.15) is 0 Å². The number of allylic oxidation sites excluding steroid dienone is 1. The molecule has 49 heavy (non-hydrogen) atoms. The molecule has 0 bridgehead atoms. The van der Waals surface area contributed by atoms with Crippen molar-refractivity contribution in [3.8, 4) is 0 Å². The number of carbonyl (C=O) groups excluding carboxylic acids is 1. The number of carboxylic acid groups (broad SMARTS) is 1. The summed E-state index contributed by atoms with van der Waals surface area (Å²) in [5.41, 5.74) is -4.57. The fraction of sp³-hybridized carbons (Fsp3) is 0.889. The number of carboxylic acids is 1. The van der Waals surface area contributed by atoms with Crippen molar-refractivity contribution < 1.29 is 65.0 Å². The molecule has 16 atom stereocenters. The number of ether oxygens (including phenoxy) is 2. The quantitative estimate of drug-likeness (QED) is 0.141. The Kier molecular flexibility index (Phi) is 9.03. The number of fused-ring (bicyclic) bond motifs is 7. The van der Waals surface area contributed by atoms with Crippen molar-refractivity contribution in [2.75, 3.05) is 13.2 Å². The molecular weight excluding hydrogens is 640 g/mol. The topological polar surface area (TPSA) is 235 Å². The Morgan fingerprint density at radius 1 is 0.857 bits per heavy atom. The number of aliphatic carboxylic acids is 1. The molecule has 0 aromatic heterocycles. The van der Waals surface area contributed by atoms with Crippen molar-refractivity contribution in [3.05, 3.63) is 11.6 Å². The van der Waals surface area contributed by atoms with Gasteiger partial charge in [0.05, 0.1) is 36.9 Å². The molecule has 9 N–H and O–H groups in total. The molecule has 13 heteroatoms. The lowest BCUT2D eigenvalue weighted by atomic mass is 9.33. The van der Waals surface area contributed by atoms with Gasteiger partial charge in [0, 0.05) is 5.92 Å². The van der Waals surface area contributed by atoms with Gasteiger partial charge in [0.15, 0.2) is 0 Å². The van der Waals surface area contributed by atoms with Crippen LogP contribution in [-0.4, -0.2) is 120 Å². The number of rotatable bonds is 5. The zero-order valence-electron chi connectivity index (χ0n) is 29.2. The Balaban J connectivity index is 1.40. The van der Waals surface area contributed by atoms with Crippen molar-refractivity contribution in [3.63, 3.8) is 0 Å². The molecule has 1 saturated heterocycles. The summed E-state index contributed by atoms with van der Waals surface area (Å²) in [5, 5.41) is 96.3. The molecule has 1 aliphatic heterocycles. The zero-order chi connectivity index (χ0) is 36.3. The minimum atomic E-state index is -1.92. The van der Waals surface area contributed by atoms with Crippen molar-refractivity contribution in [2.24, 2.45) is 50.2 Å². The average Bonchev–Trinajstić information content (AvgIpc) is 3.04. The van der Waals surface area contributed by atoms with Gasteiger partial charge in [-0.3, -0.25) is 9.59 Å². The third kappa shape index (κ3) is 4.76. The van der Waals surface area contributed by atoms with E-state index in [2.05, 4.69) is 19.9 Å². The Labute approximate surface area is 286 Å². The molecule has 0 aromatic carbocycles. The van der Waals surface area contributed by atoms with Crippen LogP contribution >= 0.6 is 0 Å². The van der Waals surface area contributed by atoms with E-state index < -0.39 is 118 Å². The molecule has 0 radical (unpaired) electrons. The normalized spacial score (nSPS) is 53.6. The summed E-state index contributed by atoms with van der Waals surface area (Å²) in [7, 11) is 0. The molecule has 6 aliphatic rings. The first-order valence-electron chi connectivity index (χ1n) is 17.8. The molecule has 6 rings (SSSR count). The zero-order valence-corrected chi connectivity index (χ0v) is 29.2. The van der Waals surface area contributed by atoms with Gasteiger partial charge in [-0.15, -0.1) is 0 Å². The molecule has 4 saturated carbocycles. The lowest BCUT2D eigenvalue weighted by Crippen LogP contribution is -2.71. The number of aliphatic hydroxyl groups is 8. The third-order valence-electron chi connectivity index (χ3n) is 15.4. The third-order valence-corrected chi connectivity index (χ3v) is 15.4. The van der Waals surface area contributed by atoms with Gasteiger partial charge in [0.2, 0.25) is 6.29 Å². The van der Waals surface area contributed by atoms with Gasteiger partial charge >= 0.3 is 11.9 Å². The van der Waals surface area contributed by atoms with Gasteiger partial charge in [0.1, 0.15) is 29.8 Å². The number of esters is 1. The Bertz CT molecular complexity index is 1370. The fourth-order valence-corrected chi connectivity index (χ4v) is 12.1. The van der Waals surface area contributed by atoms with Crippen LogP contribution in [0.2, 0.25) is 0 Å². The van der Waals surface area contributed by atoms with Crippen LogP contribution in [0.15, 0.2) is 11.6 Å². The van der Waals surface area contributed by atoms with Crippen LogP contribution in [0.3, 0.4) is 0 Å². The monoisotopic (exact) mass is 696 g/mol. The highest BCUT2D eigenvalue weighted by atomic mass is 16.7. The van der Waals surface area contributed by atoms with Crippen molar-refractivity contribution in [1.82, 2.24) is 0 Å². The predicted octanol–water partition coefficient (Wildman–Crippen LogP) is 0.471. The minimum absolute atomic E-state index is 0.151. The average molecular weight is 697 g/mol. The lowest BCUT2D eigenvalue weighted by molar-refractivity contribution is -0.298. The summed E-state index contributed by atoms with van der Waals surface area (Å²) in [5.74, 6) is -3.45. The fourth-order valence-electron chi connectivity index (χ4n) is 12.1. The second kappa shape index (κ2) is 11.9. The van der Waals surface area contributed by atoms with Crippen LogP contribution < -0.4 is 0 Å². The van der Waals surface area contributed by atoms with Gasteiger partial charge in [-0.1, -0.05) is 46.3 Å². The van der Waals surface area contributed by atoms with Crippen LogP contribution in [-0.2, 0) is 19.1 Å². The lowest BCUT2D eigenvalue weighted by Gasteiger charge is -2.71. The second-order valence-electron chi connectivity index (χ2n) is 17.7. The largest absolute Gasteiger partial charge is 0.481 e. The summed E-state index contributed by atoms with van der Waals surface area (Å²) < 4.78 is 11.4. The molecule has 0 aromatic rings. The number of aliphatic hydroxyl groups excluding tert-OH is 8. The van der Waals surface area contributed by atoms with E-state index >= 15 is 0 Å². The van der Waals surface area contributed by atoms with Crippen LogP contribution in [0.5, 0.6) is 0 Å². The standard InChI is InChI=1S/C36H56O13/c1-31(2)10-12-35(30(47)49-28-25(42)24(41)23(40)19(15-37)48-28)13-11-33(4)17(22(35)27(31)44)6-7-20-32(3)14-18(39)26(43)36(16-38,29(45)46)21(32)8-9-34(20,33)5/h6,18-28,37-44H,7-16H2,1-5H3,(H,45,46)/t18-,19-,20+,21?,22-,23-,24+,25-,26+,27+,28?,32-,33-,34-,35+,36?/m1/s1. The van der Waals surface area contributed by atoms with Gasteiger partial charge in [-0.05, 0) is 84.9 Å². The van der Waals surface area contributed by atoms with E-state index in [4.69, 9.17) is 9.47 Å². The molecule has 5 fully saturated rings. The van der Waals surface area contributed by atoms with E-state index in [1.807, 2.05) is 20.8 Å². The number of hydrogen-bond acceptors (Lipinski definition) is 12. The molecule has 0 amide bonds. The molecule has 278 valence electrons. The smallest absolute Gasteiger partial charge is 0.315 e. The van der Waals surface area contributed by atoms with Crippen LogP contribution in [0.4, 0.5) is 0 Å². The van der Waals surface area contributed by atoms with E-state index in [1.54, 1.807) is 0 Å². The highest BCUT2D eigenvalue weighted by molar-refractivity contribution is 5.79. The maximum atomic E-state index is 14.4. The van der Waals surface area contributed by atoms with E-state index in [0.717, 1.165) is 5.57 Å². The molecule has 1 heterocycles. The van der Waals surface area contributed by atoms with Gasteiger partial charge in [-0.25, -0.2) is 0 Å². The minimum Gasteiger partial charge on any atom is -0.481 e. The van der Waals surface area contributed by atoms with E-state index in [-0.39, 0.29) is 12.3 Å². The highest BCUT2D eigenvalue weighted by Crippen LogP contribution is 2.76. The Hall–Kier alpha value is -1.68. The van der Waals surface area contributed by atoms with Crippen LogP contribution in [0, 0.1) is 50.2 Å². The van der Waals surface area contributed by atoms with Crippen molar-refractivity contribution in [2.45, 2.75) is 135 Å². The van der Waals surface area contributed by atoms with Gasteiger partial charge in [0.25, 0.3) is 0 Å². The summed E-state index contributed by atoms with van der Waals surface area (Å²) in [6.07, 6.45) is -6.49. The first kappa shape index (κ1) is 37.1. The van der Waals surface area contributed by atoms with Gasteiger partial charge < -0.3 is 55.4 Å². The van der Waals surface area contributed by atoms with E-state index in [0.29, 0.717) is 44.9 Å². The van der Waals surface area contributed by atoms with E-state index in [9.17, 15) is 55.5 Å². The molecule has 0 spiro atoms. The van der Waals surface area contributed by atoms with Crippen LogP contribution in [0.1, 0.15) is 86.0 Å². The molecule has 5 aliphatic carbocycles. The number of hydrogen-bond donors (Lipinski definition) is 9. The molecule has 13 nitrogen and oxygen atoms in total. The number of carbonyl (C=O) groups is 2. The SMILES string of the molecule is CC1(C)CC[C@]2(C(=O)OC3O[C@H](CO)[C@@H](O)[C@H](O)[C@H]3O)CC[C@]3(C)C(=CC[C@H]4[C@@]5(C)C[C@@H](O)[C@H](O)C(CO)(C(=O)O)C5CC[C@]43C)[C@@H]2[C@@H]1O. The predicted molar refractivity (Wildman–Crippen MR) is 171 cm³/mol. The maximum Gasteiger partial charge on any atom is 0.315 e. The molecular formula is C36H56O13. The summed E-state index contributed by atoms with van der Waals surface area (Å²) in [6, 6.07) is 0. The molecule has 3 unspecified atom stereocenters. The Morgan fingerprint density at radius 2 is 1.51 bits per heavy atom. The van der Waals surface area contributed by atoms with Crippen molar-refractivity contribution >= 4 is 11.9 Å².